The molecule has 2 aliphatic rings. The van der Waals surface area contributed by atoms with Gasteiger partial charge in [0.1, 0.15) is 23.7 Å². The Kier molecular flexibility index (Phi) is 6.97. The van der Waals surface area contributed by atoms with Gasteiger partial charge in [0.2, 0.25) is 5.88 Å². The van der Waals surface area contributed by atoms with Crippen molar-refractivity contribution in [2.24, 2.45) is 7.05 Å². The molecule has 7 heteroatoms. The minimum absolute atomic E-state index is 0.0273. The van der Waals surface area contributed by atoms with E-state index in [1.807, 2.05) is 54.6 Å². The predicted octanol–water partition coefficient (Wildman–Crippen LogP) is 4.50. The lowest BCUT2D eigenvalue weighted by Crippen LogP contribution is -2.24. The molecule has 1 aromatic carbocycles. The van der Waals surface area contributed by atoms with Crippen LogP contribution in [0.15, 0.2) is 71.5 Å². The second-order valence-corrected chi connectivity index (χ2v) is 8.10. The number of rotatable bonds is 4. The van der Waals surface area contributed by atoms with Crippen LogP contribution in [0.5, 0.6) is 11.6 Å². The minimum atomic E-state index is -0.586. The topological polar surface area (TPSA) is 81.3 Å². The van der Waals surface area contributed by atoms with E-state index in [2.05, 4.69) is 21.1 Å². The van der Waals surface area contributed by atoms with Crippen LogP contribution >= 0.6 is 9.24 Å². The number of esters is 1. The number of ether oxygens (including phenoxy) is 2. The number of aryl methyl sites for hydroxylation is 1. The first kappa shape index (κ1) is 23.8. The molecule has 2 aliphatic carbocycles. The molecule has 35 heavy (non-hydrogen) atoms. The Morgan fingerprint density at radius 1 is 0.971 bits per heavy atom. The van der Waals surface area contributed by atoms with Gasteiger partial charge in [-0.05, 0) is 72.1 Å². The summed E-state index contributed by atoms with van der Waals surface area (Å²) < 4.78 is 12.0. The molecule has 0 amide bonds. The van der Waals surface area contributed by atoms with Crippen LogP contribution in [-0.2, 0) is 7.05 Å². The van der Waals surface area contributed by atoms with E-state index in [1.54, 1.807) is 19.1 Å². The van der Waals surface area contributed by atoms with Crippen molar-refractivity contribution in [2.75, 3.05) is 6.35 Å². The van der Waals surface area contributed by atoms with Crippen LogP contribution in [0.4, 0.5) is 0 Å². The Bertz CT molecular complexity index is 1520. The summed E-state index contributed by atoms with van der Waals surface area (Å²) in [6.45, 7) is 1.63. The fourth-order valence-electron chi connectivity index (χ4n) is 3.50. The molecule has 0 aliphatic heterocycles. The van der Waals surface area contributed by atoms with Gasteiger partial charge in [0.25, 0.3) is 5.56 Å². The number of aromatic nitrogens is 1. The lowest BCUT2D eigenvalue weighted by molar-refractivity contribution is 0.0721. The fourth-order valence-corrected chi connectivity index (χ4v) is 3.69. The van der Waals surface area contributed by atoms with E-state index in [0.29, 0.717) is 17.5 Å². The summed E-state index contributed by atoms with van der Waals surface area (Å²) in [6.07, 6.45) is 0.538. The van der Waals surface area contributed by atoms with Gasteiger partial charge < -0.3 is 9.47 Å². The number of carbonyl (C=O) groups is 1. The number of benzene rings is 1. The van der Waals surface area contributed by atoms with Crippen LogP contribution in [0.2, 0.25) is 0 Å². The highest BCUT2D eigenvalue weighted by atomic mass is 31.0. The Morgan fingerprint density at radius 3 is 2.09 bits per heavy atom. The summed E-state index contributed by atoms with van der Waals surface area (Å²) in [5.41, 5.74) is 3.76. The van der Waals surface area contributed by atoms with Gasteiger partial charge in [0.05, 0.1) is 5.56 Å². The Hall–Kier alpha value is -4.38. The first-order valence-electron chi connectivity index (χ1n) is 10.7. The maximum atomic E-state index is 12.7. The van der Waals surface area contributed by atoms with Crippen LogP contribution in [0.1, 0.15) is 32.6 Å². The standard InChI is InChI=1S/C28H21N2O4P/c1-18-13-26(30(2)27(31)25(18)16-29)34-28(32)23-14-21-9-5-19(6-10-22(21)15-23)3-4-20-7-11-24(12-8-20)33-17-35/h5-15H,17,35H2,1-2H3. The van der Waals surface area contributed by atoms with Gasteiger partial charge in [-0.1, -0.05) is 33.2 Å². The van der Waals surface area contributed by atoms with E-state index in [1.165, 1.54) is 13.1 Å². The summed E-state index contributed by atoms with van der Waals surface area (Å²) in [7, 11) is 3.97. The maximum absolute atomic E-state index is 12.7. The molecule has 1 heterocycles. The molecule has 6 nitrogen and oxygen atoms in total. The number of fused-ring (bicyclic) bond motifs is 1. The fraction of sp³-hybridized carbons (Fsp3) is 0.107. The van der Waals surface area contributed by atoms with Crippen LogP contribution in [0, 0.1) is 30.1 Å². The van der Waals surface area contributed by atoms with E-state index < -0.39 is 11.5 Å². The van der Waals surface area contributed by atoms with Crippen molar-refractivity contribution >= 4 is 15.2 Å². The maximum Gasteiger partial charge on any atom is 0.344 e. The second kappa shape index (κ2) is 10.3. The van der Waals surface area contributed by atoms with E-state index >= 15 is 0 Å². The molecular weight excluding hydrogens is 459 g/mol. The van der Waals surface area contributed by atoms with Gasteiger partial charge in [-0.2, -0.15) is 5.26 Å². The largest absolute Gasteiger partial charge is 0.490 e. The minimum Gasteiger partial charge on any atom is -0.490 e. The zero-order valence-electron chi connectivity index (χ0n) is 19.2. The number of carbonyl (C=O) groups excluding carboxylic acids is 1. The van der Waals surface area contributed by atoms with Crippen molar-refractivity contribution in [1.82, 2.24) is 4.57 Å². The van der Waals surface area contributed by atoms with Crippen LogP contribution in [0.25, 0.3) is 11.1 Å². The van der Waals surface area contributed by atoms with E-state index in [4.69, 9.17) is 14.7 Å². The van der Waals surface area contributed by atoms with Gasteiger partial charge in [-0.3, -0.25) is 9.36 Å². The van der Waals surface area contributed by atoms with E-state index in [-0.39, 0.29) is 11.4 Å². The lowest BCUT2D eigenvalue weighted by Gasteiger charge is -2.10. The molecular formula is C28H21N2O4P. The third-order valence-corrected chi connectivity index (χ3v) is 5.59. The molecule has 1 aromatic heterocycles. The van der Waals surface area contributed by atoms with Crippen molar-refractivity contribution < 1.29 is 14.3 Å². The van der Waals surface area contributed by atoms with Gasteiger partial charge in [0.15, 0.2) is 0 Å². The van der Waals surface area contributed by atoms with Crippen molar-refractivity contribution in [2.45, 2.75) is 6.92 Å². The molecule has 0 fully saturated rings. The van der Waals surface area contributed by atoms with Crippen molar-refractivity contribution in [3.8, 4) is 40.7 Å². The van der Waals surface area contributed by atoms with Crippen molar-refractivity contribution in [3.05, 3.63) is 105 Å². The van der Waals surface area contributed by atoms with Crippen molar-refractivity contribution in [3.63, 3.8) is 0 Å². The summed E-state index contributed by atoms with van der Waals surface area (Å²) in [4.78, 5) is 25.0. The first-order chi connectivity index (χ1) is 16.9. The molecule has 172 valence electrons. The molecule has 2 aromatic rings. The molecule has 1 atom stereocenters. The number of nitriles is 1. The summed E-state index contributed by atoms with van der Waals surface area (Å²) >= 11 is 0. The summed E-state index contributed by atoms with van der Waals surface area (Å²) in [5.74, 6) is 6.58. The monoisotopic (exact) mass is 480 g/mol. The quantitative estimate of drug-likeness (QED) is 0.244. The number of hydrogen-bond acceptors (Lipinski definition) is 5. The smallest absolute Gasteiger partial charge is 0.344 e. The Labute approximate surface area is 205 Å². The van der Waals surface area contributed by atoms with E-state index in [0.717, 1.165) is 32.6 Å². The summed E-state index contributed by atoms with van der Waals surface area (Å²) in [5, 5.41) is 9.13. The van der Waals surface area contributed by atoms with Crippen molar-refractivity contribution in [1.29, 1.82) is 5.26 Å². The Morgan fingerprint density at radius 2 is 1.54 bits per heavy atom. The molecule has 4 rings (SSSR count). The molecule has 0 spiro atoms. The average molecular weight is 480 g/mol. The van der Waals surface area contributed by atoms with Gasteiger partial charge in [0, 0.05) is 24.2 Å². The molecule has 1 unspecified atom stereocenters. The third kappa shape index (κ3) is 5.25. The molecule has 0 saturated heterocycles. The normalized spacial score (nSPS) is 10.2. The van der Waals surface area contributed by atoms with Gasteiger partial charge in [-0.25, -0.2) is 4.79 Å². The molecule has 0 radical (unpaired) electrons. The van der Waals surface area contributed by atoms with Crippen LogP contribution < -0.4 is 15.0 Å². The van der Waals surface area contributed by atoms with E-state index in [9.17, 15) is 9.59 Å². The van der Waals surface area contributed by atoms with Gasteiger partial charge >= 0.3 is 5.97 Å². The lowest BCUT2D eigenvalue weighted by atomic mass is 10.2. The zero-order chi connectivity index (χ0) is 24.9. The first-order valence-corrected chi connectivity index (χ1v) is 11.5. The Balaban J connectivity index is 1.54. The molecule has 0 saturated carbocycles. The van der Waals surface area contributed by atoms with Gasteiger partial charge in [-0.15, -0.1) is 0 Å². The molecule has 0 N–H and O–H groups in total. The highest BCUT2D eigenvalue weighted by Crippen LogP contribution is 2.26. The third-order valence-electron chi connectivity index (χ3n) is 5.42. The van der Waals surface area contributed by atoms with Crippen LogP contribution in [-0.4, -0.2) is 16.9 Å². The summed E-state index contributed by atoms with van der Waals surface area (Å²) in [6, 6.07) is 22.0. The number of nitrogens with zero attached hydrogens (tertiary/aromatic N) is 2. The molecule has 0 bridgehead atoms. The number of hydrogen-bond donors (Lipinski definition) is 0. The van der Waals surface area contributed by atoms with Crippen LogP contribution in [0.3, 0.4) is 0 Å². The predicted molar refractivity (Wildman–Crippen MR) is 137 cm³/mol. The zero-order valence-corrected chi connectivity index (χ0v) is 20.3. The SMILES string of the molecule is Cc1cc(OC(=O)c2cc3ccc(C#Cc4ccc(OCP)cc4)ccc-3c2)n(C)c(=O)c1C#N. The second-order valence-electron chi connectivity index (χ2n) is 7.77. The highest BCUT2D eigenvalue weighted by Gasteiger charge is 2.17. The average Bonchev–Trinajstić information content (AvgIpc) is 3.17. The number of pyridine rings is 1. The highest BCUT2D eigenvalue weighted by molar-refractivity contribution is 7.16.